The molecule has 2 aliphatic heterocycles. The summed E-state index contributed by atoms with van der Waals surface area (Å²) in [6.07, 6.45) is 5.85. The second kappa shape index (κ2) is 7.65. The van der Waals surface area contributed by atoms with Gasteiger partial charge in [-0.15, -0.1) is 0 Å². The van der Waals surface area contributed by atoms with Gasteiger partial charge in [-0.05, 0) is 60.6 Å². The van der Waals surface area contributed by atoms with Crippen LogP contribution in [0.25, 0.3) is 10.9 Å². The van der Waals surface area contributed by atoms with E-state index in [-0.39, 0.29) is 18.2 Å². The van der Waals surface area contributed by atoms with Gasteiger partial charge in [-0.1, -0.05) is 18.6 Å². The Balaban J connectivity index is 1.27. The number of hydrogen-bond acceptors (Lipinski definition) is 6. The summed E-state index contributed by atoms with van der Waals surface area (Å²) in [5.41, 5.74) is 4.38. The van der Waals surface area contributed by atoms with E-state index in [1.165, 1.54) is 31.2 Å². The van der Waals surface area contributed by atoms with E-state index in [0.717, 1.165) is 22.2 Å². The van der Waals surface area contributed by atoms with Crippen LogP contribution in [0.5, 0.6) is 0 Å². The lowest BCUT2D eigenvalue weighted by Crippen LogP contribution is -2.52. The smallest absolute Gasteiger partial charge is 0.255 e. The first kappa shape index (κ1) is 19.8. The van der Waals surface area contributed by atoms with Crippen molar-refractivity contribution in [3.05, 3.63) is 59.4 Å². The molecule has 1 atom stereocenters. The molecule has 1 aliphatic carbocycles. The molecule has 1 aromatic heterocycles. The first-order chi connectivity index (χ1) is 16.1. The Hall–Kier alpha value is -3.81. The summed E-state index contributed by atoms with van der Waals surface area (Å²) >= 11 is 0. The molecule has 6 rings (SSSR count). The number of fused-ring (bicyclic) bond motifs is 2. The minimum absolute atomic E-state index is 0.192. The highest BCUT2D eigenvalue weighted by Crippen LogP contribution is 2.38. The van der Waals surface area contributed by atoms with Gasteiger partial charge in [-0.3, -0.25) is 19.7 Å². The molecule has 0 radical (unpaired) electrons. The number of piperidine rings is 1. The maximum Gasteiger partial charge on any atom is 0.255 e. The number of nitrogens with zero attached hydrogens (tertiary/aromatic N) is 3. The normalized spacial score (nSPS) is 20.5. The Morgan fingerprint density at radius 2 is 1.88 bits per heavy atom. The van der Waals surface area contributed by atoms with Crippen LogP contribution in [0.4, 0.5) is 11.5 Å². The number of anilines is 2. The number of carbonyl (C=O) groups excluding carboxylic acids is 3. The fourth-order valence-corrected chi connectivity index (χ4v) is 4.94. The van der Waals surface area contributed by atoms with Crippen molar-refractivity contribution in [2.75, 3.05) is 5.32 Å². The third-order valence-corrected chi connectivity index (χ3v) is 7.03. The third-order valence-electron chi connectivity index (χ3n) is 7.03. The molecule has 8 heteroatoms. The van der Waals surface area contributed by atoms with Crippen molar-refractivity contribution in [1.29, 1.82) is 0 Å². The molecule has 2 N–H and O–H groups in total. The van der Waals surface area contributed by atoms with E-state index >= 15 is 0 Å². The molecule has 3 aliphatic rings. The minimum atomic E-state index is -0.616. The first-order valence-corrected chi connectivity index (χ1v) is 11.4. The Bertz CT molecular complexity index is 1320. The van der Waals surface area contributed by atoms with E-state index < -0.39 is 11.9 Å². The van der Waals surface area contributed by atoms with Gasteiger partial charge < -0.3 is 10.2 Å². The van der Waals surface area contributed by atoms with E-state index in [4.69, 9.17) is 0 Å². The van der Waals surface area contributed by atoms with E-state index in [1.807, 2.05) is 24.3 Å². The Kier molecular flexibility index (Phi) is 4.60. The number of carbonyl (C=O) groups is 3. The van der Waals surface area contributed by atoms with Crippen LogP contribution in [0.3, 0.4) is 0 Å². The molecule has 0 bridgehead atoms. The van der Waals surface area contributed by atoms with E-state index in [0.29, 0.717) is 30.3 Å². The molecule has 8 nitrogen and oxygen atoms in total. The molecule has 1 saturated heterocycles. The Morgan fingerprint density at radius 1 is 1.00 bits per heavy atom. The zero-order chi connectivity index (χ0) is 22.5. The summed E-state index contributed by atoms with van der Waals surface area (Å²) in [4.78, 5) is 47.3. The monoisotopic (exact) mass is 441 g/mol. The lowest BCUT2D eigenvalue weighted by molar-refractivity contribution is -0.136. The van der Waals surface area contributed by atoms with E-state index in [2.05, 4.69) is 32.7 Å². The van der Waals surface area contributed by atoms with Crippen LogP contribution in [-0.2, 0) is 16.1 Å². The van der Waals surface area contributed by atoms with Gasteiger partial charge in [-0.2, -0.15) is 0 Å². The summed E-state index contributed by atoms with van der Waals surface area (Å²) in [5.74, 6) is 0.430. The topological polar surface area (TPSA) is 104 Å². The van der Waals surface area contributed by atoms with Crippen molar-refractivity contribution in [3.8, 4) is 0 Å². The largest absolute Gasteiger partial charge is 0.340 e. The summed E-state index contributed by atoms with van der Waals surface area (Å²) in [6.45, 7) is 0.363. The van der Waals surface area contributed by atoms with Gasteiger partial charge in [0.15, 0.2) is 0 Å². The molecule has 1 saturated carbocycles. The van der Waals surface area contributed by atoms with Crippen molar-refractivity contribution in [2.45, 2.75) is 50.6 Å². The predicted molar refractivity (Wildman–Crippen MR) is 122 cm³/mol. The lowest BCUT2D eigenvalue weighted by Gasteiger charge is -2.29. The number of rotatable bonds is 4. The van der Waals surface area contributed by atoms with Crippen molar-refractivity contribution >= 4 is 40.1 Å². The van der Waals surface area contributed by atoms with Crippen LogP contribution >= 0.6 is 0 Å². The zero-order valence-corrected chi connectivity index (χ0v) is 18.0. The number of amides is 3. The molecule has 33 heavy (non-hydrogen) atoms. The second-order valence-electron chi connectivity index (χ2n) is 9.02. The quantitative estimate of drug-likeness (QED) is 0.602. The van der Waals surface area contributed by atoms with Gasteiger partial charge in [0.2, 0.25) is 11.8 Å². The number of benzene rings is 2. The van der Waals surface area contributed by atoms with Crippen LogP contribution in [0, 0.1) is 0 Å². The third kappa shape index (κ3) is 3.42. The predicted octanol–water partition coefficient (Wildman–Crippen LogP) is 3.40. The molecule has 0 spiro atoms. The van der Waals surface area contributed by atoms with Crippen LogP contribution in [0.1, 0.15) is 59.5 Å². The van der Waals surface area contributed by atoms with Crippen molar-refractivity contribution in [3.63, 3.8) is 0 Å². The number of aromatic nitrogens is 2. The minimum Gasteiger partial charge on any atom is -0.340 e. The molecule has 3 amide bonds. The van der Waals surface area contributed by atoms with Gasteiger partial charge in [0.25, 0.3) is 5.91 Å². The summed E-state index contributed by atoms with van der Waals surface area (Å²) < 4.78 is 0. The van der Waals surface area contributed by atoms with Gasteiger partial charge in [0, 0.05) is 29.6 Å². The van der Waals surface area contributed by atoms with Gasteiger partial charge in [0.05, 0.1) is 5.52 Å². The lowest BCUT2D eigenvalue weighted by atomic mass is 9.80. The van der Waals surface area contributed by atoms with Gasteiger partial charge in [0.1, 0.15) is 18.2 Å². The Morgan fingerprint density at radius 3 is 2.67 bits per heavy atom. The number of imide groups is 1. The number of hydrogen-bond donors (Lipinski definition) is 2. The van der Waals surface area contributed by atoms with Crippen LogP contribution in [0.2, 0.25) is 0 Å². The molecular weight excluding hydrogens is 418 g/mol. The zero-order valence-electron chi connectivity index (χ0n) is 18.0. The van der Waals surface area contributed by atoms with Crippen molar-refractivity contribution < 1.29 is 14.4 Å². The van der Waals surface area contributed by atoms with Crippen LogP contribution in [0.15, 0.2) is 42.7 Å². The SMILES string of the molecule is O=C1CCC(N2Cc3ccc(Nc4ncnc5ccc(C6CCC6)cc45)cc3C2=O)C(=O)N1. The molecule has 3 heterocycles. The average Bonchev–Trinajstić information content (AvgIpc) is 3.09. The maximum absolute atomic E-state index is 13.1. The highest BCUT2D eigenvalue weighted by Gasteiger charge is 2.39. The molecular formula is C25H23N5O3. The molecule has 3 aromatic rings. The fourth-order valence-electron chi connectivity index (χ4n) is 4.94. The standard InChI is InChI=1S/C25H23N5O3/c31-22-9-8-21(24(32)29-22)30-12-16-4-6-17(11-18(16)25(30)33)28-23-19-10-15(14-2-1-3-14)5-7-20(19)26-13-27-23/h4-7,10-11,13-14,21H,1-3,8-9,12H2,(H,26,27,28)(H,29,31,32). The van der Waals surface area contributed by atoms with Crippen molar-refractivity contribution in [1.82, 2.24) is 20.2 Å². The van der Waals surface area contributed by atoms with Gasteiger partial charge in [-0.25, -0.2) is 9.97 Å². The second-order valence-corrected chi connectivity index (χ2v) is 9.02. The van der Waals surface area contributed by atoms with Crippen LogP contribution in [-0.4, -0.2) is 38.6 Å². The average molecular weight is 441 g/mol. The van der Waals surface area contributed by atoms with E-state index in [9.17, 15) is 14.4 Å². The molecule has 2 fully saturated rings. The van der Waals surface area contributed by atoms with Crippen molar-refractivity contribution in [2.24, 2.45) is 0 Å². The molecule has 166 valence electrons. The molecule has 1 unspecified atom stereocenters. The first-order valence-electron chi connectivity index (χ1n) is 11.4. The van der Waals surface area contributed by atoms with E-state index in [1.54, 1.807) is 4.90 Å². The fraction of sp³-hybridized carbons (Fsp3) is 0.320. The molecule has 2 aromatic carbocycles. The summed E-state index contributed by atoms with van der Waals surface area (Å²) in [7, 11) is 0. The van der Waals surface area contributed by atoms with Gasteiger partial charge >= 0.3 is 0 Å². The Labute approximate surface area is 190 Å². The van der Waals surface area contributed by atoms with Crippen LogP contribution < -0.4 is 10.6 Å². The summed E-state index contributed by atoms with van der Waals surface area (Å²) in [6, 6.07) is 11.4. The highest BCUT2D eigenvalue weighted by molar-refractivity contribution is 6.06. The maximum atomic E-state index is 13.1. The highest BCUT2D eigenvalue weighted by atomic mass is 16.2. The number of nitrogens with one attached hydrogen (secondary N) is 2. The summed E-state index contributed by atoms with van der Waals surface area (Å²) in [5, 5.41) is 6.66.